The molecule has 1 N–H and O–H groups in total. The number of aliphatic hydroxyl groups excluding tert-OH is 1. The molecule has 3 nitrogen and oxygen atoms in total. The van der Waals surface area contributed by atoms with E-state index >= 15 is 0 Å². The Morgan fingerprint density at radius 2 is 1.74 bits per heavy atom. The normalized spacial score (nSPS) is 39.3. The molecule has 3 rings (SSSR count). The summed E-state index contributed by atoms with van der Waals surface area (Å²) in [5.74, 6) is 0.962. The Bertz CT molecular complexity index is 278. The van der Waals surface area contributed by atoms with Gasteiger partial charge in [-0.15, -0.1) is 0 Å². The zero-order valence-electron chi connectivity index (χ0n) is 12.0. The second kappa shape index (κ2) is 6.11. The highest BCUT2D eigenvalue weighted by Crippen LogP contribution is 2.40. The second-order valence-corrected chi connectivity index (χ2v) is 6.83. The lowest BCUT2D eigenvalue weighted by Gasteiger charge is -2.40. The molecular formula is C16H28O3. The van der Waals surface area contributed by atoms with E-state index in [0.29, 0.717) is 11.8 Å². The molecule has 0 amide bonds. The minimum Gasteiger partial charge on any atom is -0.393 e. The number of rotatable bonds is 2. The molecule has 110 valence electrons. The summed E-state index contributed by atoms with van der Waals surface area (Å²) in [7, 11) is 0. The lowest BCUT2D eigenvalue weighted by atomic mass is 9.76. The fraction of sp³-hybridized carbons (Fsp3) is 1.00. The minimum absolute atomic E-state index is 0.0609. The first kappa shape index (κ1) is 13.8. The molecule has 0 radical (unpaired) electrons. The molecule has 1 spiro atoms. The maximum absolute atomic E-state index is 10.8. The third-order valence-corrected chi connectivity index (χ3v) is 5.46. The quantitative estimate of drug-likeness (QED) is 0.783. The monoisotopic (exact) mass is 268 g/mol. The van der Waals surface area contributed by atoms with Gasteiger partial charge in [-0.2, -0.15) is 0 Å². The van der Waals surface area contributed by atoms with Gasteiger partial charge in [0.2, 0.25) is 0 Å². The molecule has 0 aromatic heterocycles. The summed E-state index contributed by atoms with van der Waals surface area (Å²) in [5.41, 5.74) is -0.0609. The Kier molecular flexibility index (Phi) is 4.45. The molecule has 3 unspecified atom stereocenters. The van der Waals surface area contributed by atoms with Crippen LogP contribution in [0.15, 0.2) is 0 Å². The topological polar surface area (TPSA) is 38.7 Å². The number of hydrogen-bond donors (Lipinski definition) is 1. The van der Waals surface area contributed by atoms with Crippen LogP contribution in [0.2, 0.25) is 0 Å². The van der Waals surface area contributed by atoms with Gasteiger partial charge in [-0.25, -0.2) is 0 Å². The molecule has 19 heavy (non-hydrogen) atoms. The summed E-state index contributed by atoms with van der Waals surface area (Å²) in [5, 5.41) is 10.8. The van der Waals surface area contributed by atoms with Gasteiger partial charge in [-0.1, -0.05) is 25.7 Å². The molecule has 3 fully saturated rings. The van der Waals surface area contributed by atoms with Gasteiger partial charge in [0.25, 0.3) is 0 Å². The molecule has 2 heterocycles. The van der Waals surface area contributed by atoms with Crippen molar-refractivity contribution in [1.29, 1.82) is 0 Å². The maximum atomic E-state index is 10.8. The summed E-state index contributed by atoms with van der Waals surface area (Å²) >= 11 is 0. The predicted octanol–water partition coefficient (Wildman–Crippen LogP) is 2.90. The Morgan fingerprint density at radius 3 is 2.42 bits per heavy atom. The fourth-order valence-corrected chi connectivity index (χ4v) is 4.26. The van der Waals surface area contributed by atoms with Crippen molar-refractivity contribution < 1.29 is 14.6 Å². The average molecular weight is 268 g/mol. The van der Waals surface area contributed by atoms with E-state index in [9.17, 15) is 5.11 Å². The van der Waals surface area contributed by atoms with Crippen LogP contribution in [0.3, 0.4) is 0 Å². The SMILES string of the molecule is OC(C1CCCCCC1)C1CCOC2(CCOC2)C1. The van der Waals surface area contributed by atoms with Crippen molar-refractivity contribution in [2.24, 2.45) is 11.8 Å². The van der Waals surface area contributed by atoms with Crippen LogP contribution in [-0.2, 0) is 9.47 Å². The third kappa shape index (κ3) is 3.14. The Morgan fingerprint density at radius 1 is 0.947 bits per heavy atom. The maximum Gasteiger partial charge on any atom is 0.0940 e. The summed E-state index contributed by atoms with van der Waals surface area (Å²) < 4.78 is 11.5. The van der Waals surface area contributed by atoms with Crippen LogP contribution in [-0.4, -0.2) is 36.6 Å². The lowest BCUT2D eigenvalue weighted by Crippen LogP contribution is -2.45. The van der Waals surface area contributed by atoms with Crippen molar-refractivity contribution in [2.75, 3.05) is 19.8 Å². The van der Waals surface area contributed by atoms with E-state index in [1.54, 1.807) is 0 Å². The molecular weight excluding hydrogens is 240 g/mol. The van der Waals surface area contributed by atoms with Crippen molar-refractivity contribution in [2.45, 2.75) is 69.5 Å². The van der Waals surface area contributed by atoms with Crippen molar-refractivity contribution >= 4 is 0 Å². The van der Waals surface area contributed by atoms with E-state index in [4.69, 9.17) is 9.47 Å². The summed E-state index contributed by atoms with van der Waals surface area (Å²) in [4.78, 5) is 0. The molecule has 0 bridgehead atoms. The third-order valence-electron chi connectivity index (χ3n) is 5.46. The number of ether oxygens (including phenoxy) is 2. The highest BCUT2D eigenvalue weighted by Gasteiger charge is 2.43. The van der Waals surface area contributed by atoms with E-state index in [-0.39, 0.29) is 11.7 Å². The molecule has 3 aliphatic rings. The van der Waals surface area contributed by atoms with E-state index in [2.05, 4.69) is 0 Å². The van der Waals surface area contributed by atoms with Crippen LogP contribution >= 0.6 is 0 Å². The number of hydrogen-bond acceptors (Lipinski definition) is 3. The average Bonchev–Trinajstić information content (AvgIpc) is 2.72. The standard InChI is InChI=1S/C16H28O3/c17-15(13-5-3-1-2-4-6-13)14-7-9-19-16(11-14)8-10-18-12-16/h13-15,17H,1-12H2. The zero-order chi connectivity index (χ0) is 13.1. The fourth-order valence-electron chi connectivity index (χ4n) is 4.26. The van der Waals surface area contributed by atoms with Gasteiger partial charge >= 0.3 is 0 Å². The van der Waals surface area contributed by atoms with Crippen molar-refractivity contribution in [3.63, 3.8) is 0 Å². The lowest BCUT2D eigenvalue weighted by molar-refractivity contribution is -0.124. The molecule has 2 aliphatic heterocycles. The van der Waals surface area contributed by atoms with Gasteiger partial charge in [0.15, 0.2) is 0 Å². The molecule has 1 saturated carbocycles. The molecule has 2 saturated heterocycles. The first-order valence-corrected chi connectivity index (χ1v) is 8.19. The first-order valence-electron chi connectivity index (χ1n) is 8.19. The molecule has 3 heteroatoms. The number of aliphatic hydroxyl groups is 1. The van der Waals surface area contributed by atoms with Crippen LogP contribution in [0.4, 0.5) is 0 Å². The van der Waals surface area contributed by atoms with Crippen LogP contribution < -0.4 is 0 Å². The van der Waals surface area contributed by atoms with Crippen LogP contribution in [0.5, 0.6) is 0 Å². The second-order valence-electron chi connectivity index (χ2n) is 6.83. The largest absolute Gasteiger partial charge is 0.393 e. The van der Waals surface area contributed by atoms with Gasteiger partial charge in [0.1, 0.15) is 0 Å². The van der Waals surface area contributed by atoms with Crippen LogP contribution in [0, 0.1) is 11.8 Å². The first-order chi connectivity index (χ1) is 9.29. The minimum atomic E-state index is -0.112. The summed E-state index contributed by atoms with van der Waals surface area (Å²) in [6.07, 6.45) is 10.7. The van der Waals surface area contributed by atoms with Crippen LogP contribution in [0.1, 0.15) is 57.8 Å². The van der Waals surface area contributed by atoms with Gasteiger partial charge in [0.05, 0.1) is 18.3 Å². The summed E-state index contributed by atoms with van der Waals surface area (Å²) in [6.45, 7) is 2.37. The predicted molar refractivity (Wildman–Crippen MR) is 74.0 cm³/mol. The smallest absolute Gasteiger partial charge is 0.0940 e. The highest BCUT2D eigenvalue weighted by atomic mass is 16.6. The van der Waals surface area contributed by atoms with Crippen LogP contribution in [0.25, 0.3) is 0 Å². The Labute approximate surface area is 116 Å². The van der Waals surface area contributed by atoms with Gasteiger partial charge in [-0.05, 0) is 37.5 Å². The zero-order valence-corrected chi connectivity index (χ0v) is 12.0. The molecule has 1 aliphatic carbocycles. The molecule has 0 aromatic carbocycles. The Balaban J connectivity index is 1.60. The highest BCUT2D eigenvalue weighted by molar-refractivity contribution is 4.93. The van der Waals surface area contributed by atoms with E-state index < -0.39 is 0 Å². The van der Waals surface area contributed by atoms with Crippen molar-refractivity contribution in [3.05, 3.63) is 0 Å². The summed E-state index contributed by atoms with van der Waals surface area (Å²) in [6, 6.07) is 0. The van der Waals surface area contributed by atoms with Crippen molar-refractivity contribution in [1.82, 2.24) is 0 Å². The van der Waals surface area contributed by atoms with E-state index in [1.165, 1.54) is 38.5 Å². The van der Waals surface area contributed by atoms with Crippen molar-refractivity contribution in [3.8, 4) is 0 Å². The van der Waals surface area contributed by atoms with Gasteiger partial charge in [-0.3, -0.25) is 0 Å². The van der Waals surface area contributed by atoms with Gasteiger partial charge in [0, 0.05) is 19.6 Å². The van der Waals surface area contributed by atoms with E-state index in [1.807, 2.05) is 0 Å². The molecule has 0 aromatic rings. The molecule has 3 atom stereocenters. The van der Waals surface area contributed by atoms with Gasteiger partial charge < -0.3 is 14.6 Å². The Hall–Kier alpha value is -0.120. The van der Waals surface area contributed by atoms with E-state index in [0.717, 1.165) is 39.1 Å².